The number of thioether (sulfide) groups is 1. The molecule has 128 valence electrons. The third-order valence-corrected chi connectivity index (χ3v) is 10.7. The zero-order chi connectivity index (χ0) is 17.3. The Morgan fingerprint density at radius 1 is 1.39 bits per heavy atom. The highest BCUT2D eigenvalue weighted by atomic mass is 32.2. The van der Waals surface area contributed by atoms with Crippen LogP contribution in [0.2, 0.25) is 18.1 Å². The van der Waals surface area contributed by atoms with Crippen LogP contribution in [0.5, 0.6) is 0 Å². The molecule has 1 aliphatic rings. The fraction of sp³-hybridized carbons (Fsp3) is 0.611. The molecular formula is C18H29NO2SSi. The highest BCUT2D eigenvalue weighted by Gasteiger charge is 2.45. The SMILES string of the molecule is CC[C@]1(O)CC(O[Si](C)(C)C(C)(C)C)=C[C@@H]1Sc1ccccn1. The van der Waals surface area contributed by atoms with Crippen molar-refractivity contribution < 1.29 is 9.53 Å². The Morgan fingerprint density at radius 3 is 2.61 bits per heavy atom. The maximum atomic E-state index is 11.0. The van der Waals surface area contributed by atoms with Gasteiger partial charge in [-0.15, -0.1) is 0 Å². The lowest BCUT2D eigenvalue weighted by molar-refractivity contribution is 0.0474. The van der Waals surface area contributed by atoms with E-state index in [1.54, 1.807) is 18.0 Å². The fourth-order valence-electron chi connectivity index (χ4n) is 2.35. The molecular weight excluding hydrogens is 322 g/mol. The van der Waals surface area contributed by atoms with E-state index in [9.17, 15) is 5.11 Å². The second-order valence-corrected chi connectivity index (χ2v) is 13.7. The number of hydrogen-bond acceptors (Lipinski definition) is 4. The maximum absolute atomic E-state index is 11.0. The maximum Gasteiger partial charge on any atom is 0.250 e. The van der Waals surface area contributed by atoms with Crippen LogP contribution in [-0.2, 0) is 4.43 Å². The summed E-state index contributed by atoms with van der Waals surface area (Å²) in [5, 5.41) is 12.1. The summed E-state index contributed by atoms with van der Waals surface area (Å²) in [4.78, 5) is 4.37. The van der Waals surface area contributed by atoms with Crippen molar-refractivity contribution in [2.24, 2.45) is 0 Å². The van der Waals surface area contributed by atoms with E-state index >= 15 is 0 Å². The van der Waals surface area contributed by atoms with Gasteiger partial charge in [-0.25, -0.2) is 4.98 Å². The number of hydrogen-bond donors (Lipinski definition) is 1. The van der Waals surface area contributed by atoms with Crippen LogP contribution < -0.4 is 0 Å². The first-order chi connectivity index (χ1) is 10.6. The van der Waals surface area contributed by atoms with Gasteiger partial charge in [0.05, 0.1) is 21.6 Å². The number of nitrogens with zero attached hydrogens (tertiary/aromatic N) is 1. The van der Waals surface area contributed by atoms with Gasteiger partial charge in [0.2, 0.25) is 8.32 Å². The second-order valence-electron chi connectivity index (χ2n) is 7.84. The molecule has 0 spiro atoms. The van der Waals surface area contributed by atoms with E-state index in [0.717, 1.165) is 10.8 Å². The summed E-state index contributed by atoms with van der Waals surface area (Å²) in [6.45, 7) is 13.2. The van der Waals surface area contributed by atoms with Crippen LogP contribution >= 0.6 is 11.8 Å². The van der Waals surface area contributed by atoms with Crippen molar-refractivity contribution in [3.05, 3.63) is 36.2 Å². The first-order valence-corrected chi connectivity index (χ1v) is 12.1. The van der Waals surface area contributed by atoms with Crippen molar-refractivity contribution >= 4 is 20.1 Å². The molecule has 1 aliphatic carbocycles. The Kier molecular flexibility index (Phi) is 5.33. The molecule has 0 unspecified atom stereocenters. The Balaban J connectivity index is 2.18. The average molecular weight is 352 g/mol. The van der Waals surface area contributed by atoms with E-state index in [0.29, 0.717) is 12.8 Å². The largest absolute Gasteiger partial charge is 0.547 e. The van der Waals surface area contributed by atoms with Gasteiger partial charge in [0.25, 0.3) is 0 Å². The number of aliphatic hydroxyl groups is 1. The van der Waals surface area contributed by atoms with Gasteiger partial charge in [-0.05, 0) is 42.8 Å². The number of pyridine rings is 1. The van der Waals surface area contributed by atoms with Crippen molar-refractivity contribution in [2.45, 2.75) is 74.5 Å². The molecule has 0 saturated heterocycles. The Bertz CT molecular complexity index is 568. The molecule has 1 aromatic rings. The molecule has 5 heteroatoms. The van der Waals surface area contributed by atoms with E-state index < -0.39 is 13.9 Å². The van der Waals surface area contributed by atoms with E-state index in [-0.39, 0.29) is 10.3 Å². The lowest BCUT2D eigenvalue weighted by Crippen LogP contribution is -2.41. The highest BCUT2D eigenvalue weighted by molar-refractivity contribution is 8.00. The fourth-order valence-corrected chi connectivity index (χ4v) is 4.68. The van der Waals surface area contributed by atoms with Crippen LogP contribution in [0, 0.1) is 0 Å². The van der Waals surface area contributed by atoms with Crippen LogP contribution in [0.3, 0.4) is 0 Å². The van der Waals surface area contributed by atoms with Gasteiger partial charge in [-0.2, -0.15) is 0 Å². The van der Waals surface area contributed by atoms with Crippen molar-refractivity contribution in [3.8, 4) is 0 Å². The topological polar surface area (TPSA) is 42.4 Å². The van der Waals surface area contributed by atoms with Gasteiger partial charge >= 0.3 is 0 Å². The second kappa shape index (κ2) is 6.61. The smallest absolute Gasteiger partial charge is 0.250 e. The molecule has 0 amide bonds. The number of aromatic nitrogens is 1. The van der Waals surface area contributed by atoms with Crippen molar-refractivity contribution in [1.82, 2.24) is 4.98 Å². The molecule has 1 aromatic heterocycles. The summed E-state index contributed by atoms with van der Waals surface area (Å²) in [5.74, 6) is 0.953. The lowest BCUT2D eigenvalue weighted by Gasteiger charge is -2.37. The van der Waals surface area contributed by atoms with Crippen LogP contribution in [0.15, 0.2) is 41.3 Å². The van der Waals surface area contributed by atoms with Gasteiger partial charge in [0, 0.05) is 12.6 Å². The minimum Gasteiger partial charge on any atom is -0.547 e. The Hall–Kier alpha value is -0.783. The molecule has 2 atom stereocenters. The third-order valence-electron chi connectivity index (χ3n) is 5.04. The molecule has 0 aromatic carbocycles. The minimum absolute atomic E-state index is 0.0119. The molecule has 1 N–H and O–H groups in total. The normalized spacial score (nSPS) is 25.3. The van der Waals surface area contributed by atoms with Crippen molar-refractivity contribution in [1.29, 1.82) is 0 Å². The molecule has 0 bridgehead atoms. The molecule has 3 nitrogen and oxygen atoms in total. The lowest BCUT2D eigenvalue weighted by atomic mass is 9.98. The zero-order valence-corrected chi connectivity index (χ0v) is 16.9. The first kappa shape index (κ1) is 18.6. The summed E-state index contributed by atoms with van der Waals surface area (Å²) in [5.41, 5.74) is -0.750. The molecule has 0 fully saturated rings. The summed E-state index contributed by atoms with van der Waals surface area (Å²) in [7, 11) is -1.87. The highest BCUT2D eigenvalue weighted by Crippen LogP contribution is 2.45. The van der Waals surface area contributed by atoms with E-state index in [4.69, 9.17) is 4.43 Å². The van der Waals surface area contributed by atoms with Crippen LogP contribution in [0.4, 0.5) is 0 Å². The standard InChI is InChI=1S/C18H29NO2SSi/c1-7-18(20)13-14(21-23(5,6)17(2,3)4)12-15(18)22-16-10-8-9-11-19-16/h8-12,15,20H,7,13H2,1-6H3/t15-,18-/m0/s1. The quantitative estimate of drug-likeness (QED) is 0.759. The molecule has 0 aliphatic heterocycles. The predicted octanol–water partition coefficient (Wildman–Crippen LogP) is 4.99. The summed E-state index contributed by atoms with van der Waals surface area (Å²) >= 11 is 1.62. The van der Waals surface area contributed by atoms with Crippen LogP contribution in [0.25, 0.3) is 0 Å². The van der Waals surface area contributed by atoms with Crippen molar-refractivity contribution in [3.63, 3.8) is 0 Å². The Morgan fingerprint density at radius 2 is 2.09 bits per heavy atom. The predicted molar refractivity (Wildman–Crippen MR) is 100 cm³/mol. The van der Waals surface area contributed by atoms with E-state index in [2.05, 4.69) is 44.9 Å². The minimum atomic E-state index is -1.87. The third kappa shape index (κ3) is 4.20. The average Bonchev–Trinajstić information content (AvgIpc) is 2.75. The van der Waals surface area contributed by atoms with Gasteiger partial charge in [0.15, 0.2) is 0 Å². The van der Waals surface area contributed by atoms with Gasteiger partial charge < -0.3 is 9.53 Å². The Labute approximate surface area is 145 Å². The van der Waals surface area contributed by atoms with Gasteiger partial charge in [0.1, 0.15) is 0 Å². The van der Waals surface area contributed by atoms with Gasteiger partial charge in [-0.3, -0.25) is 0 Å². The molecule has 23 heavy (non-hydrogen) atoms. The van der Waals surface area contributed by atoms with E-state index in [1.807, 2.05) is 25.1 Å². The summed E-state index contributed by atoms with van der Waals surface area (Å²) in [6.07, 6.45) is 5.21. The van der Waals surface area contributed by atoms with Crippen molar-refractivity contribution in [2.75, 3.05) is 0 Å². The molecule has 0 saturated carbocycles. The number of rotatable bonds is 5. The monoisotopic (exact) mass is 351 g/mol. The van der Waals surface area contributed by atoms with Gasteiger partial charge in [-0.1, -0.05) is 45.5 Å². The summed E-state index contributed by atoms with van der Waals surface area (Å²) in [6, 6.07) is 5.87. The van der Waals surface area contributed by atoms with Crippen LogP contribution in [-0.4, -0.2) is 29.3 Å². The molecule has 1 heterocycles. The van der Waals surface area contributed by atoms with Crippen LogP contribution in [0.1, 0.15) is 40.5 Å². The van der Waals surface area contributed by atoms with E-state index in [1.165, 1.54) is 0 Å². The molecule has 2 rings (SSSR count). The zero-order valence-electron chi connectivity index (χ0n) is 15.1. The first-order valence-electron chi connectivity index (χ1n) is 8.27. The molecule has 0 radical (unpaired) electrons. The summed E-state index contributed by atoms with van der Waals surface area (Å²) < 4.78 is 6.43.